The Labute approximate surface area is 223 Å². The van der Waals surface area contributed by atoms with Crippen LogP contribution in [0.5, 0.6) is 0 Å². The molecular weight excluding hydrogens is 456 g/mol. The lowest BCUT2D eigenvalue weighted by molar-refractivity contribution is 1.59. The predicted molar refractivity (Wildman–Crippen MR) is 163 cm³/mol. The monoisotopic (exact) mass is 482 g/mol. The van der Waals surface area contributed by atoms with Gasteiger partial charge in [0.15, 0.2) is 0 Å². The molecule has 0 atom stereocenters. The second-order valence-corrected chi connectivity index (χ2v) is 9.70. The molecule has 38 heavy (non-hydrogen) atoms. The van der Waals surface area contributed by atoms with Crippen LogP contribution in [0.15, 0.2) is 158 Å². The first-order valence-corrected chi connectivity index (χ1v) is 13.1. The van der Waals surface area contributed by atoms with E-state index in [0.29, 0.717) is 0 Å². The summed E-state index contributed by atoms with van der Waals surface area (Å²) in [6, 6.07) is 56.9. The highest BCUT2D eigenvalue weighted by Gasteiger charge is 2.17. The SMILES string of the molecule is c1ccc(-c2ccccc2-c2ccc3c(-c4ccccc4)c4ccccc4c(-c4ccccc4)c3c2)cc1. The van der Waals surface area contributed by atoms with Crippen molar-refractivity contribution in [1.82, 2.24) is 0 Å². The maximum atomic E-state index is 2.40. The number of rotatable bonds is 4. The fraction of sp³-hybridized carbons (Fsp3) is 0. The van der Waals surface area contributed by atoms with E-state index >= 15 is 0 Å². The summed E-state index contributed by atoms with van der Waals surface area (Å²) in [6.45, 7) is 0. The minimum Gasteiger partial charge on any atom is -0.0622 e. The van der Waals surface area contributed by atoms with Crippen molar-refractivity contribution in [1.29, 1.82) is 0 Å². The lowest BCUT2D eigenvalue weighted by atomic mass is 9.84. The van der Waals surface area contributed by atoms with Gasteiger partial charge in [-0.2, -0.15) is 0 Å². The molecule has 7 rings (SSSR count). The first kappa shape index (κ1) is 22.3. The van der Waals surface area contributed by atoms with Crippen LogP contribution in [0.2, 0.25) is 0 Å². The summed E-state index contributed by atoms with van der Waals surface area (Å²) in [7, 11) is 0. The molecule has 7 aromatic rings. The zero-order valence-corrected chi connectivity index (χ0v) is 21.0. The molecule has 0 amide bonds. The van der Waals surface area contributed by atoms with Gasteiger partial charge in [0, 0.05) is 0 Å². The van der Waals surface area contributed by atoms with Crippen molar-refractivity contribution in [3.05, 3.63) is 158 Å². The summed E-state index contributed by atoms with van der Waals surface area (Å²) in [5, 5.41) is 5.10. The Kier molecular flexibility index (Phi) is 5.57. The largest absolute Gasteiger partial charge is 0.0622 e. The van der Waals surface area contributed by atoms with Gasteiger partial charge in [0.25, 0.3) is 0 Å². The Bertz CT molecular complexity index is 1880. The lowest BCUT2D eigenvalue weighted by Gasteiger charge is -2.19. The molecule has 178 valence electrons. The van der Waals surface area contributed by atoms with Gasteiger partial charge in [0.05, 0.1) is 0 Å². The van der Waals surface area contributed by atoms with Crippen LogP contribution in [-0.2, 0) is 0 Å². The number of benzene rings is 7. The fourth-order valence-corrected chi connectivity index (χ4v) is 5.78. The van der Waals surface area contributed by atoms with Crippen LogP contribution in [0.1, 0.15) is 0 Å². The summed E-state index contributed by atoms with van der Waals surface area (Å²) in [5.41, 5.74) is 10.0. The minimum absolute atomic E-state index is 1.23. The molecule has 0 nitrogen and oxygen atoms in total. The van der Waals surface area contributed by atoms with Crippen LogP contribution in [0.4, 0.5) is 0 Å². The molecule has 0 aliphatic carbocycles. The summed E-state index contributed by atoms with van der Waals surface area (Å²) < 4.78 is 0. The molecule has 7 aromatic carbocycles. The van der Waals surface area contributed by atoms with E-state index in [1.807, 2.05) is 0 Å². The van der Waals surface area contributed by atoms with Crippen LogP contribution in [0.25, 0.3) is 66.1 Å². The molecular formula is C38H26. The van der Waals surface area contributed by atoms with Crippen molar-refractivity contribution in [2.24, 2.45) is 0 Å². The van der Waals surface area contributed by atoms with Crippen molar-refractivity contribution in [2.75, 3.05) is 0 Å². The summed E-state index contributed by atoms with van der Waals surface area (Å²) in [4.78, 5) is 0. The third kappa shape index (κ3) is 3.79. The van der Waals surface area contributed by atoms with Gasteiger partial charge in [0.2, 0.25) is 0 Å². The molecule has 0 spiro atoms. The Morgan fingerprint density at radius 1 is 0.237 bits per heavy atom. The second-order valence-electron chi connectivity index (χ2n) is 9.70. The van der Waals surface area contributed by atoms with Crippen LogP contribution >= 0.6 is 0 Å². The van der Waals surface area contributed by atoms with E-state index in [9.17, 15) is 0 Å². The van der Waals surface area contributed by atoms with Crippen LogP contribution in [-0.4, -0.2) is 0 Å². The molecule has 0 bridgehead atoms. The quantitative estimate of drug-likeness (QED) is 0.219. The van der Waals surface area contributed by atoms with E-state index in [1.54, 1.807) is 0 Å². The van der Waals surface area contributed by atoms with Gasteiger partial charge in [-0.25, -0.2) is 0 Å². The molecule has 0 radical (unpaired) electrons. The van der Waals surface area contributed by atoms with E-state index < -0.39 is 0 Å². The third-order valence-electron chi connectivity index (χ3n) is 7.47. The number of hydrogen-bond donors (Lipinski definition) is 0. The summed E-state index contributed by atoms with van der Waals surface area (Å²) in [6.07, 6.45) is 0. The Morgan fingerprint density at radius 3 is 1.18 bits per heavy atom. The number of hydrogen-bond acceptors (Lipinski definition) is 0. The molecule has 0 unspecified atom stereocenters. The fourth-order valence-electron chi connectivity index (χ4n) is 5.78. The molecule has 0 aromatic heterocycles. The topological polar surface area (TPSA) is 0 Å². The van der Waals surface area contributed by atoms with E-state index in [0.717, 1.165) is 0 Å². The maximum Gasteiger partial charge on any atom is -0.00262 e. The highest BCUT2D eigenvalue weighted by Crippen LogP contribution is 2.45. The van der Waals surface area contributed by atoms with Gasteiger partial charge in [0.1, 0.15) is 0 Å². The van der Waals surface area contributed by atoms with Crippen LogP contribution < -0.4 is 0 Å². The zero-order valence-electron chi connectivity index (χ0n) is 21.0. The smallest absolute Gasteiger partial charge is 0.00262 e. The minimum atomic E-state index is 1.23. The van der Waals surface area contributed by atoms with Crippen molar-refractivity contribution < 1.29 is 0 Å². The summed E-state index contributed by atoms with van der Waals surface area (Å²) in [5.74, 6) is 0. The van der Waals surface area contributed by atoms with Gasteiger partial charge in [-0.15, -0.1) is 0 Å². The average Bonchev–Trinajstić information content (AvgIpc) is 3.01. The third-order valence-corrected chi connectivity index (χ3v) is 7.47. The van der Waals surface area contributed by atoms with Gasteiger partial charge in [-0.1, -0.05) is 152 Å². The zero-order chi connectivity index (χ0) is 25.3. The van der Waals surface area contributed by atoms with Crippen LogP contribution in [0.3, 0.4) is 0 Å². The van der Waals surface area contributed by atoms with E-state index in [4.69, 9.17) is 0 Å². The molecule has 0 N–H and O–H groups in total. The normalized spacial score (nSPS) is 11.2. The first-order valence-electron chi connectivity index (χ1n) is 13.1. The van der Waals surface area contributed by atoms with Crippen molar-refractivity contribution in [3.8, 4) is 44.5 Å². The van der Waals surface area contributed by atoms with Gasteiger partial charge in [-0.3, -0.25) is 0 Å². The Morgan fingerprint density at radius 2 is 0.632 bits per heavy atom. The second kappa shape index (κ2) is 9.50. The maximum absolute atomic E-state index is 2.40. The number of fused-ring (bicyclic) bond motifs is 2. The van der Waals surface area contributed by atoms with E-state index in [2.05, 4.69) is 158 Å². The Hall–Kier alpha value is -4.94. The molecule has 0 saturated carbocycles. The van der Waals surface area contributed by atoms with Gasteiger partial charge in [-0.05, 0) is 72.1 Å². The van der Waals surface area contributed by atoms with Crippen molar-refractivity contribution in [2.45, 2.75) is 0 Å². The Balaban J connectivity index is 1.60. The highest BCUT2D eigenvalue weighted by molar-refractivity contribution is 6.22. The first-order chi connectivity index (χ1) is 18.9. The molecule has 0 heteroatoms. The average molecular weight is 483 g/mol. The molecule has 0 aliphatic heterocycles. The van der Waals surface area contributed by atoms with Gasteiger partial charge < -0.3 is 0 Å². The van der Waals surface area contributed by atoms with Gasteiger partial charge >= 0.3 is 0 Å². The standard InChI is InChI=1S/C38H26/c1-4-14-27(15-5-1)31-20-10-11-21-32(31)30-24-25-35-36(26-30)38(29-18-8-3-9-19-29)34-23-13-12-22-33(34)37(35)28-16-6-2-7-17-28/h1-26H. The molecule has 0 fully saturated rings. The predicted octanol–water partition coefficient (Wildman–Crippen LogP) is 10.7. The van der Waals surface area contributed by atoms with E-state index in [1.165, 1.54) is 66.1 Å². The highest BCUT2D eigenvalue weighted by atomic mass is 14.2. The van der Waals surface area contributed by atoms with Crippen molar-refractivity contribution >= 4 is 21.5 Å². The molecule has 0 aliphatic rings. The summed E-state index contributed by atoms with van der Waals surface area (Å²) >= 11 is 0. The molecule has 0 heterocycles. The van der Waals surface area contributed by atoms with Crippen molar-refractivity contribution in [3.63, 3.8) is 0 Å². The van der Waals surface area contributed by atoms with E-state index in [-0.39, 0.29) is 0 Å². The van der Waals surface area contributed by atoms with Crippen LogP contribution in [0, 0.1) is 0 Å². The molecule has 0 saturated heterocycles. The lowest BCUT2D eigenvalue weighted by Crippen LogP contribution is -1.92.